The van der Waals surface area contributed by atoms with Gasteiger partial charge in [-0.3, -0.25) is 14.5 Å². The van der Waals surface area contributed by atoms with Gasteiger partial charge >= 0.3 is 6.18 Å². The Kier molecular flexibility index (Phi) is 7.89. The Morgan fingerprint density at radius 2 is 1.72 bits per heavy atom. The lowest BCUT2D eigenvalue weighted by Gasteiger charge is -2.24. The Labute approximate surface area is 169 Å². The third kappa shape index (κ3) is 6.35. The summed E-state index contributed by atoms with van der Waals surface area (Å²) >= 11 is 0. The minimum Gasteiger partial charge on any atom is -0.370 e. The van der Waals surface area contributed by atoms with Gasteiger partial charge in [0.15, 0.2) is 0 Å². The van der Waals surface area contributed by atoms with Crippen LogP contribution in [0.25, 0.3) is 0 Å². The zero-order valence-electron chi connectivity index (χ0n) is 17.2. The zero-order chi connectivity index (χ0) is 21.6. The van der Waals surface area contributed by atoms with Crippen molar-refractivity contribution in [1.82, 2.24) is 9.80 Å². The van der Waals surface area contributed by atoms with Crippen molar-refractivity contribution < 1.29 is 22.8 Å². The van der Waals surface area contributed by atoms with Gasteiger partial charge < -0.3 is 15.1 Å². The van der Waals surface area contributed by atoms with Crippen molar-refractivity contribution in [1.29, 1.82) is 0 Å². The summed E-state index contributed by atoms with van der Waals surface area (Å²) in [5.74, 6) is -0.554. The maximum absolute atomic E-state index is 13.1. The van der Waals surface area contributed by atoms with E-state index >= 15 is 0 Å². The van der Waals surface area contributed by atoms with Crippen LogP contribution in [0.5, 0.6) is 0 Å². The fourth-order valence-corrected chi connectivity index (χ4v) is 3.44. The molecule has 1 fully saturated rings. The van der Waals surface area contributed by atoms with Crippen molar-refractivity contribution in [2.45, 2.75) is 32.9 Å². The maximum atomic E-state index is 13.1. The molecule has 0 saturated carbocycles. The third-order valence-electron chi connectivity index (χ3n) is 4.98. The summed E-state index contributed by atoms with van der Waals surface area (Å²) in [7, 11) is 1.63. The number of carbonyl (C=O) groups is 2. The van der Waals surface area contributed by atoms with Gasteiger partial charge in [0, 0.05) is 26.2 Å². The molecule has 1 aromatic carbocycles. The van der Waals surface area contributed by atoms with Crippen LogP contribution in [0, 0.1) is 0 Å². The molecule has 1 aromatic rings. The molecular formula is C20H29F3N4O2. The molecule has 9 heteroatoms. The summed E-state index contributed by atoms with van der Waals surface area (Å²) in [5, 5.41) is 2.61. The minimum absolute atomic E-state index is 0.0661. The summed E-state index contributed by atoms with van der Waals surface area (Å²) < 4.78 is 39.4. The van der Waals surface area contributed by atoms with E-state index in [1.165, 1.54) is 6.07 Å². The summed E-state index contributed by atoms with van der Waals surface area (Å²) in [5.41, 5.74) is -0.0678. The lowest BCUT2D eigenvalue weighted by atomic mass is 10.1. The van der Waals surface area contributed by atoms with Gasteiger partial charge in [0.2, 0.25) is 11.8 Å². The molecule has 1 saturated heterocycles. The molecule has 1 aliphatic rings. The van der Waals surface area contributed by atoms with Gasteiger partial charge in [0.05, 0.1) is 30.0 Å². The Bertz CT molecular complexity index is 714. The highest BCUT2D eigenvalue weighted by atomic mass is 19.4. The number of anilines is 2. The molecule has 0 unspecified atom stereocenters. The second-order valence-corrected chi connectivity index (χ2v) is 7.21. The molecule has 0 bridgehead atoms. The van der Waals surface area contributed by atoms with Crippen LogP contribution in [0.3, 0.4) is 0 Å². The molecule has 1 aliphatic heterocycles. The number of carbonyl (C=O) groups excluding carboxylic acids is 2. The van der Waals surface area contributed by atoms with Crippen LogP contribution < -0.4 is 10.2 Å². The van der Waals surface area contributed by atoms with Gasteiger partial charge in [0.1, 0.15) is 0 Å². The first-order valence-corrected chi connectivity index (χ1v) is 9.88. The molecule has 1 heterocycles. The summed E-state index contributed by atoms with van der Waals surface area (Å²) in [4.78, 5) is 29.8. The second kappa shape index (κ2) is 9.96. The maximum Gasteiger partial charge on any atom is 0.416 e. The van der Waals surface area contributed by atoms with Gasteiger partial charge in [-0.2, -0.15) is 13.2 Å². The number of alkyl halides is 3. The van der Waals surface area contributed by atoms with Crippen LogP contribution in [0.4, 0.5) is 24.5 Å². The van der Waals surface area contributed by atoms with E-state index in [0.717, 1.165) is 38.1 Å². The normalized spacial score (nSPS) is 14.4. The predicted molar refractivity (Wildman–Crippen MR) is 107 cm³/mol. The largest absolute Gasteiger partial charge is 0.416 e. The quantitative estimate of drug-likeness (QED) is 0.711. The first kappa shape index (κ1) is 23.0. The van der Waals surface area contributed by atoms with Crippen LogP contribution in [0.2, 0.25) is 0 Å². The highest BCUT2D eigenvalue weighted by Crippen LogP contribution is 2.36. The number of rotatable bonds is 8. The lowest BCUT2D eigenvalue weighted by molar-refractivity contribution is -0.137. The van der Waals surface area contributed by atoms with E-state index in [9.17, 15) is 22.8 Å². The van der Waals surface area contributed by atoms with Gasteiger partial charge in [-0.25, -0.2) is 0 Å². The van der Waals surface area contributed by atoms with E-state index in [-0.39, 0.29) is 24.7 Å². The zero-order valence-corrected chi connectivity index (χ0v) is 17.2. The molecule has 0 aliphatic carbocycles. The molecule has 2 rings (SSSR count). The van der Waals surface area contributed by atoms with E-state index in [1.807, 2.05) is 18.7 Å². The molecule has 0 spiro atoms. The van der Waals surface area contributed by atoms with E-state index in [0.29, 0.717) is 18.8 Å². The SMILES string of the molecule is CCN(CC)C(=O)CN(C)CC(=O)Nc1cc(C(F)(F)F)ccc1N1CCCC1. The number of hydrogen-bond acceptors (Lipinski definition) is 4. The van der Waals surface area contributed by atoms with Crippen molar-refractivity contribution in [3.05, 3.63) is 23.8 Å². The molecule has 0 radical (unpaired) electrons. The monoisotopic (exact) mass is 414 g/mol. The first-order chi connectivity index (χ1) is 13.7. The molecule has 0 atom stereocenters. The van der Waals surface area contributed by atoms with Crippen LogP contribution in [0.1, 0.15) is 32.3 Å². The van der Waals surface area contributed by atoms with Crippen molar-refractivity contribution >= 4 is 23.2 Å². The molecule has 162 valence electrons. The van der Waals surface area contributed by atoms with Crippen molar-refractivity contribution in [3.63, 3.8) is 0 Å². The molecule has 1 N–H and O–H groups in total. The van der Waals surface area contributed by atoms with Crippen LogP contribution in [-0.4, -0.2) is 67.9 Å². The van der Waals surface area contributed by atoms with E-state index in [1.54, 1.807) is 16.8 Å². The Hall–Kier alpha value is -2.29. The third-order valence-corrected chi connectivity index (χ3v) is 4.98. The molecular weight excluding hydrogens is 385 g/mol. The van der Waals surface area contributed by atoms with Crippen LogP contribution in [-0.2, 0) is 15.8 Å². The summed E-state index contributed by atoms with van der Waals surface area (Å²) in [6.45, 7) is 6.37. The van der Waals surface area contributed by atoms with Crippen molar-refractivity contribution in [2.75, 3.05) is 56.5 Å². The average Bonchev–Trinajstić information content (AvgIpc) is 3.16. The van der Waals surface area contributed by atoms with E-state index in [2.05, 4.69) is 5.32 Å². The fraction of sp³-hybridized carbons (Fsp3) is 0.600. The summed E-state index contributed by atoms with van der Waals surface area (Å²) in [6.07, 6.45) is -2.56. The highest BCUT2D eigenvalue weighted by molar-refractivity contribution is 5.96. The van der Waals surface area contributed by atoms with E-state index < -0.39 is 17.6 Å². The van der Waals surface area contributed by atoms with Crippen molar-refractivity contribution in [2.24, 2.45) is 0 Å². The Morgan fingerprint density at radius 3 is 2.28 bits per heavy atom. The van der Waals surface area contributed by atoms with Crippen molar-refractivity contribution in [3.8, 4) is 0 Å². The number of nitrogens with zero attached hydrogens (tertiary/aromatic N) is 3. The second-order valence-electron chi connectivity index (χ2n) is 7.21. The average molecular weight is 414 g/mol. The van der Waals surface area contributed by atoms with Gasteiger partial charge in [-0.05, 0) is 51.9 Å². The van der Waals surface area contributed by atoms with Gasteiger partial charge in [-0.15, -0.1) is 0 Å². The summed E-state index contributed by atoms with van der Waals surface area (Å²) in [6, 6.07) is 3.43. The number of hydrogen-bond donors (Lipinski definition) is 1. The van der Waals surface area contributed by atoms with Gasteiger partial charge in [0.25, 0.3) is 0 Å². The standard InChI is InChI=1S/C20H29F3N4O2/c1-4-26(5-2)19(29)14-25(3)13-18(28)24-16-12-15(20(21,22)23)8-9-17(16)27-10-6-7-11-27/h8-9,12H,4-7,10-11,13-14H2,1-3H3,(H,24,28). The number of halogens is 3. The molecule has 0 aromatic heterocycles. The highest BCUT2D eigenvalue weighted by Gasteiger charge is 2.32. The molecule has 6 nitrogen and oxygen atoms in total. The van der Waals surface area contributed by atoms with E-state index in [4.69, 9.17) is 0 Å². The predicted octanol–water partition coefficient (Wildman–Crippen LogP) is 3.04. The first-order valence-electron chi connectivity index (χ1n) is 9.88. The number of benzene rings is 1. The minimum atomic E-state index is -4.49. The topological polar surface area (TPSA) is 55.9 Å². The Balaban J connectivity index is 2.10. The molecule has 2 amide bonds. The fourth-order valence-electron chi connectivity index (χ4n) is 3.44. The number of amides is 2. The smallest absolute Gasteiger partial charge is 0.370 e. The van der Waals surface area contributed by atoms with Gasteiger partial charge in [-0.1, -0.05) is 0 Å². The lowest BCUT2D eigenvalue weighted by Crippen LogP contribution is -2.41. The van der Waals surface area contributed by atoms with Crippen LogP contribution in [0.15, 0.2) is 18.2 Å². The number of likely N-dealkylation sites (N-methyl/N-ethyl adjacent to an activating group) is 2. The molecule has 29 heavy (non-hydrogen) atoms. The van der Waals surface area contributed by atoms with Crippen LogP contribution >= 0.6 is 0 Å². The Morgan fingerprint density at radius 1 is 1.10 bits per heavy atom. The number of nitrogens with one attached hydrogen (secondary N) is 1.